The van der Waals surface area contributed by atoms with Crippen LogP contribution in [0.15, 0.2) is 22.8 Å². The number of hydrogen-bond acceptors (Lipinski definition) is 3. The molecule has 0 spiro atoms. The maximum Gasteiger partial charge on any atom is 0.126 e. The molecule has 1 N–H and O–H groups in total. The summed E-state index contributed by atoms with van der Waals surface area (Å²) in [5, 5.41) is 3.28. The number of nitrogens with zero attached hydrogens (tertiary/aromatic N) is 2. The zero-order valence-electron chi connectivity index (χ0n) is 8.79. The zero-order valence-corrected chi connectivity index (χ0v) is 10.4. The quantitative estimate of drug-likeness (QED) is 0.897. The minimum absolute atomic E-state index is 0.500. The molecule has 0 amide bonds. The van der Waals surface area contributed by atoms with Crippen molar-refractivity contribution in [3.8, 4) is 0 Å². The standard InChI is InChI=1S/C10H16BrN3/c1-8(14(2)3)6-12-10-5-4-9(11)7-13-10/h4-5,7-8H,6H2,1-3H3,(H,12,13). The topological polar surface area (TPSA) is 28.2 Å². The average molecular weight is 258 g/mol. The van der Waals surface area contributed by atoms with Gasteiger partial charge in [-0.15, -0.1) is 0 Å². The summed E-state index contributed by atoms with van der Waals surface area (Å²) in [7, 11) is 4.14. The van der Waals surface area contributed by atoms with Gasteiger partial charge < -0.3 is 10.2 Å². The highest BCUT2D eigenvalue weighted by atomic mass is 79.9. The van der Waals surface area contributed by atoms with Crippen LogP contribution < -0.4 is 5.32 Å². The molecule has 0 fully saturated rings. The van der Waals surface area contributed by atoms with Gasteiger partial charge in [0.15, 0.2) is 0 Å². The second-order valence-corrected chi connectivity index (χ2v) is 4.47. The molecule has 0 aliphatic rings. The van der Waals surface area contributed by atoms with E-state index in [4.69, 9.17) is 0 Å². The fraction of sp³-hybridized carbons (Fsp3) is 0.500. The van der Waals surface area contributed by atoms with Crippen molar-refractivity contribution < 1.29 is 0 Å². The van der Waals surface area contributed by atoms with E-state index in [1.807, 2.05) is 12.1 Å². The largest absolute Gasteiger partial charge is 0.369 e. The van der Waals surface area contributed by atoms with Crippen molar-refractivity contribution in [2.75, 3.05) is 26.0 Å². The second-order valence-electron chi connectivity index (χ2n) is 3.56. The van der Waals surface area contributed by atoms with Gasteiger partial charge in [-0.1, -0.05) is 0 Å². The molecule has 1 unspecified atom stereocenters. The van der Waals surface area contributed by atoms with Crippen LogP contribution in [0.3, 0.4) is 0 Å². The fourth-order valence-electron chi connectivity index (χ4n) is 0.915. The van der Waals surface area contributed by atoms with Gasteiger partial charge in [0.1, 0.15) is 5.82 Å². The Morgan fingerprint density at radius 3 is 2.71 bits per heavy atom. The molecule has 1 heterocycles. The van der Waals surface area contributed by atoms with Crippen molar-refractivity contribution in [1.29, 1.82) is 0 Å². The van der Waals surface area contributed by atoms with Crippen LogP contribution >= 0.6 is 15.9 Å². The van der Waals surface area contributed by atoms with E-state index in [1.54, 1.807) is 6.20 Å². The Labute approximate surface area is 93.7 Å². The molecule has 1 aromatic heterocycles. The van der Waals surface area contributed by atoms with Gasteiger partial charge >= 0.3 is 0 Å². The number of rotatable bonds is 4. The van der Waals surface area contributed by atoms with Gasteiger partial charge in [-0.05, 0) is 49.1 Å². The van der Waals surface area contributed by atoms with Crippen molar-refractivity contribution in [2.24, 2.45) is 0 Å². The van der Waals surface area contributed by atoms with E-state index in [0.717, 1.165) is 16.8 Å². The van der Waals surface area contributed by atoms with Crippen molar-refractivity contribution in [1.82, 2.24) is 9.88 Å². The van der Waals surface area contributed by atoms with Gasteiger partial charge in [0.25, 0.3) is 0 Å². The first-order valence-corrected chi connectivity index (χ1v) is 5.40. The van der Waals surface area contributed by atoms with E-state index in [9.17, 15) is 0 Å². The highest BCUT2D eigenvalue weighted by molar-refractivity contribution is 9.10. The van der Waals surface area contributed by atoms with Crippen molar-refractivity contribution >= 4 is 21.7 Å². The average Bonchev–Trinajstić information content (AvgIpc) is 2.16. The van der Waals surface area contributed by atoms with Gasteiger partial charge in [0.05, 0.1) is 0 Å². The van der Waals surface area contributed by atoms with Crippen LogP contribution in [0.1, 0.15) is 6.92 Å². The molecule has 0 saturated heterocycles. The molecule has 3 nitrogen and oxygen atoms in total. The summed E-state index contributed by atoms with van der Waals surface area (Å²) in [6, 6.07) is 4.45. The SMILES string of the molecule is CC(CNc1ccc(Br)cn1)N(C)C. The highest BCUT2D eigenvalue weighted by Gasteiger charge is 2.03. The predicted molar refractivity (Wildman–Crippen MR) is 63.6 cm³/mol. The lowest BCUT2D eigenvalue weighted by Gasteiger charge is -2.20. The van der Waals surface area contributed by atoms with Crippen LogP contribution in [0.2, 0.25) is 0 Å². The fourth-order valence-corrected chi connectivity index (χ4v) is 1.15. The van der Waals surface area contributed by atoms with E-state index in [0.29, 0.717) is 6.04 Å². The Bertz CT molecular complexity index is 271. The lowest BCUT2D eigenvalue weighted by molar-refractivity contribution is 0.326. The van der Waals surface area contributed by atoms with Crippen molar-refractivity contribution in [3.05, 3.63) is 22.8 Å². The normalized spacial score (nSPS) is 12.9. The molecular formula is C10H16BrN3. The highest BCUT2D eigenvalue weighted by Crippen LogP contribution is 2.10. The molecule has 0 aromatic carbocycles. The Hall–Kier alpha value is -0.610. The molecule has 0 saturated carbocycles. The van der Waals surface area contributed by atoms with Gasteiger partial charge in [-0.25, -0.2) is 4.98 Å². The molecule has 4 heteroatoms. The van der Waals surface area contributed by atoms with Crippen molar-refractivity contribution in [3.63, 3.8) is 0 Å². The molecule has 0 aliphatic carbocycles. The van der Waals surface area contributed by atoms with Crippen LogP contribution in [0, 0.1) is 0 Å². The van der Waals surface area contributed by atoms with Gasteiger partial charge in [0.2, 0.25) is 0 Å². The summed E-state index contributed by atoms with van der Waals surface area (Å²) in [4.78, 5) is 6.41. The Morgan fingerprint density at radius 2 is 2.21 bits per heavy atom. The lowest BCUT2D eigenvalue weighted by Crippen LogP contribution is -2.31. The van der Waals surface area contributed by atoms with Crippen LogP contribution in [-0.2, 0) is 0 Å². The molecule has 14 heavy (non-hydrogen) atoms. The van der Waals surface area contributed by atoms with Crippen LogP contribution in [-0.4, -0.2) is 36.6 Å². The molecule has 1 atom stereocenters. The first-order chi connectivity index (χ1) is 6.59. The van der Waals surface area contributed by atoms with E-state index in [1.165, 1.54) is 0 Å². The number of hydrogen-bond donors (Lipinski definition) is 1. The van der Waals surface area contributed by atoms with E-state index in [2.05, 4.69) is 52.1 Å². The first-order valence-electron chi connectivity index (χ1n) is 4.61. The van der Waals surface area contributed by atoms with Gasteiger partial charge in [0, 0.05) is 23.3 Å². The van der Waals surface area contributed by atoms with Crippen LogP contribution in [0.4, 0.5) is 5.82 Å². The lowest BCUT2D eigenvalue weighted by atomic mass is 10.3. The third-order valence-electron chi connectivity index (χ3n) is 2.19. The summed E-state index contributed by atoms with van der Waals surface area (Å²) in [5.41, 5.74) is 0. The summed E-state index contributed by atoms with van der Waals surface area (Å²) in [6.07, 6.45) is 1.79. The third-order valence-corrected chi connectivity index (χ3v) is 2.66. The van der Waals surface area contributed by atoms with Crippen molar-refractivity contribution in [2.45, 2.75) is 13.0 Å². The summed E-state index contributed by atoms with van der Waals surface area (Å²) in [5.74, 6) is 0.918. The molecule has 1 rings (SSSR count). The molecule has 0 radical (unpaired) electrons. The summed E-state index contributed by atoms with van der Waals surface area (Å²) >= 11 is 3.35. The van der Waals surface area contributed by atoms with Crippen LogP contribution in [0.25, 0.3) is 0 Å². The number of likely N-dealkylation sites (N-methyl/N-ethyl adjacent to an activating group) is 1. The third kappa shape index (κ3) is 3.64. The minimum atomic E-state index is 0.500. The number of nitrogens with one attached hydrogen (secondary N) is 1. The Kier molecular flexibility index (Phi) is 4.35. The minimum Gasteiger partial charge on any atom is -0.369 e. The van der Waals surface area contributed by atoms with Gasteiger partial charge in [-0.2, -0.15) is 0 Å². The number of halogens is 1. The molecule has 0 aliphatic heterocycles. The monoisotopic (exact) mass is 257 g/mol. The second kappa shape index (κ2) is 5.32. The van der Waals surface area contributed by atoms with E-state index < -0.39 is 0 Å². The smallest absolute Gasteiger partial charge is 0.126 e. The molecular weight excluding hydrogens is 242 g/mol. The maximum absolute atomic E-state index is 4.23. The Morgan fingerprint density at radius 1 is 1.50 bits per heavy atom. The predicted octanol–water partition coefficient (Wildman–Crippen LogP) is 2.21. The Balaban J connectivity index is 2.42. The van der Waals surface area contributed by atoms with Gasteiger partial charge in [-0.3, -0.25) is 0 Å². The van der Waals surface area contributed by atoms with E-state index >= 15 is 0 Å². The summed E-state index contributed by atoms with van der Waals surface area (Å²) < 4.78 is 1.00. The first kappa shape index (κ1) is 11.5. The molecule has 1 aromatic rings. The molecule has 0 bridgehead atoms. The number of aromatic nitrogens is 1. The molecule has 78 valence electrons. The van der Waals surface area contributed by atoms with Crippen LogP contribution in [0.5, 0.6) is 0 Å². The summed E-state index contributed by atoms with van der Waals surface area (Å²) in [6.45, 7) is 3.08. The number of anilines is 1. The zero-order chi connectivity index (χ0) is 10.6. The van der Waals surface area contributed by atoms with E-state index in [-0.39, 0.29) is 0 Å². The number of pyridine rings is 1. The maximum atomic E-state index is 4.23.